The zero-order valence-corrected chi connectivity index (χ0v) is 17.0. The van der Waals surface area contributed by atoms with Crippen LogP contribution in [0.4, 0.5) is 10.3 Å². The Hall–Kier alpha value is -2.81. The molecule has 2 atom stereocenters. The lowest BCUT2D eigenvalue weighted by Crippen LogP contribution is -2.46. The molecule has 2 fully saturated rings. The molecule has 9 heteroatoms. The van der Waals surface area contributed by atoms with Gasteiger partial charge in [0, 0.05) is 24.7 Å². The first-order valence-corrected chi connectivity index (χ1v) is 10.6. The van der Waals surface area contributed by atoms with E-state index in [0.717, 1.165) is 30.0 Å². The Morgan fingerprint density at radius 2 is 2.10 bits per heavy atom. The van der Waals surface area contributed by atoms with E-state index in [1.807, 2.05) is 16.6 Å². The fraction of sp³-hybridized carbons (Fsp3) is 0.524. The number of anilines is 1. The van der Waals surface area contributed by atoms with E-state index in [9.17, 15) is 4.39 Å². The zero-order chi connectivity index (χ0) is 20.5. The van der Waals surface area contributed by atoms with Crippen molar-refractivity contribution in [2.75, 3.05) is 25.5 Å². The number of fused-ring (bicyclic) bond motifs is 1. The molecule has 2 N–H and O–H groups in total. The van der Waals surface area contributed by atoms with Crippen molar-refractivity contribution in [1.29, 1.82) is 0 Å². The third-order valence-electron chi connectivity index (χ3n) is 6.08. The maximum absolute atomic E-state index is 14.2. The van der Waals surface area contributed by atoms with Gasteiger partial charge in [-0.15, -0.1) is 0 Å². The van der Waals surface area contributed by atoms with Crippen LogP contribution in [0.15, 0.2) is 24.5 Å². The summed E-state index contributed by atoms with van der Waals surface area (Å²) in [6.07, 6.45) is 7.69. The van der Waals surface area contributed by atoms with E-state index in [4.69, 9.17) is 9.84 Å². The predicted octanol–water partition coefficient (Wildman–Crippen LogP) is 2.96. The zero-order valence-electron chi connectivity index (χ0n) is 17.0. The quantitative estimate of drug-likeness (QED) is 0.667. The Morgan fingerprint density at radius 3 is 2.90 bits per heavy atom. The number of piperidine rings is 1. The molecule has 30 heavy (non-hydrogen) atoms. The molecule has 0 spiro atoms. The number of hydrogen-bond acceptors (Lipinski definition) is 7. The SMILES string of the molecule is COc1cc2ncc(-c3ccnc(N[C@H]4CNCC[C@@H]4F)n3)n2nc1C1CCCC1. The van der Waals surface area contributed by atoms with Crippen LogP contribution >= 0.6 is 0 Å². The summed E-state index contributed by atoms with van der Waals surface area (Å²) in [5.74, 6) is 1.60. The number of nitrogens with one attached hydrogen (secondary N) is 2. The van der Waals surface area contributed by atoms with Crippen molar-refractivity contribution in [2.24, 2.45) is 0 Å². The molecule has 0 amide bonds. The number of alkyl halides is 1. The number of hydrogen-bond donors (Lipinski definition) is 2. The van der Waals surface area contributed by atoms with E-state index in [1.54, 1.807) is 19.5 Å². The summed E-state index contributed by atoms with van der Waals surface area (Å²) in [7, 11) is 1.68. The van der Waals surface area contributed by atoms with Gasteiger partial charge in [0.15, 0.2) is 5.65 Å². The van der Waals surface area contributed by atoms with E-state index in [2.05, 4.69) is 25.6 Å². The first-order valence-electron chi connectivity index (χ1n) is 10.6. The van der Waals surface area contributed by atoms with E-state index in [-0.39, 0.29) is 6.04 Å². The van der Waals surface area contributed by atoms with Gasteiger partial charge >= 0.3 is 0 Å². The van der Waals surface area contributed by atoms with Crippen molar-refractivity contribution >= 4 is 11.6 Å². The Morgan fingerprint density at radius 1 is 1.23 bits per heavy atom. The Labute approximate surface area is 174 Å². The minimum atomic E-state index is -0.919. The van der Waals surface area contributed by atoms with Crippen molar-refractivity contribution in [1.82, 2.24) is 29.9 Å². The van der Waals surface area contributed by atoms with Gasteiger partial charge in [-0.1, -0.05) is 12.8 Å². The summed E-state index contributed by atoms with van der Waals surface area (Å²) in [6.45, 7) is 1.25. The van der Waals surface area contributed by atoms with E-state index < -0.39 is 6.17 Å². The Bertz CT molecular complexity index is 1030. The van der Waals surface area contributed by atoms with Crippen LogP contribution in [0.3, 0.4) is 0 Å². The smallest absolute Gasteiger partial charge is 0.223 e. The van der Waals surface area contributed by atoms with E-state index in [0.29, 0.717) is 42.7 Å². The molecule has 0 aromatic carbocycles. The maximum atomic E-state index is 14.2. The summed E-state index contributed by atoms with van der Waals surface area (Å²) < 4.78 is 21.6. The Kier molecular flexibility index (Phi) is 5.20. The lowest BCUT2D eigenvalue weighted by atomic mass is 10.0. The van der Waals surface area contributed by atoms with Crippen LogP contribution in [0.2, 0.25) is 0 Å². The second kappa shape index (κ2) is 8.14. The highest BCUT2D eigenvalue weighted by Gasteiger charge is 2.26. The van der Waals surface area contributed by atoms with Gasteiger partial charge in [-0.2, -0.15) is 5.10 Å². The van der Waals surface area contributed by atoms with Gasteiger partial charge in [-0.25, -0.2) is 23.9 Å². The topological polar surface area (TPSA) is 89.3 Å². The van der Waals surface area contributed by atoms with Crippen molar-refractivity contribution in [3.05, 3.63) is 30.2 Å². The first kappa shape index (κ1) is 19.2. The maximum Gasteiger partial charge on any atom is 0.223 e. The predicted molar refractivity (Wildman–Crippen MR) is 112 cm³/mol. The van der Waals surface area contributed by atoms with Gasteiger partial charge in [0.25, 0.3) is 0 Å². The van der Waals surface area contributed by atoms with Crippen molar-refractivity contribution < 1.29 is 9.13 Å². The molecule has 1 aliphatic carbocycles. The minimum Gasteiger partial charge on any atom is -0.495 e. The van der Waals surface area contributed by atoms with Crippen molar-refractivity contribution in [3.63, 3.8) is 0 Å². The van der Waals surface area contributed by atoms with E-state index in [1.165, 1.54) is 12.8 Å². The highest BCUT2D eigenvalue weighted by atomic mass is 19.1. The molecule has 1 saturated carbocycles. The third kappa shape index (κ3) is 3.58. The fourth-order valence-corrected chi connectivity index (χ4v) is 4.44. The number of methoxy groups -OCH3 is 1. The van der Waals surface area contributed by atoms with Crippen LogP contribution in [0.25, 0.3) is 17.0 Å². The van der Waals surface area contributed by atoms with Crippen LogP contribution in [0.1, 0.15) is 43.7 Å². The van der Waals surface area contributed by atoms with Gasteiger partial charge in [0.2, 0.25) is 5.95 Å². The summed E-state index contributed by atoms with van der Waals surface area (Å²) >= 11 is 0. The second-order valence-electron chi connectivity index (χ2n) is 8.02. The molecule has 1 saturated heterocycles. The second-order valence-corrected chi connectivity index (χ2v) is 8.02. The number of imidazole rings is 1. The molecule has 3 aromatic rings. The average molecular weight is 411 g/mol. The molecule has 0 unspecified atom stereocenters. The fourth-order valence-electron chi connectivity index (χ4n) is 4.44. The summed E-state index contributed by atoms with van der Waals surface area (Å²) in [5.41, 5.74) is 3.14. The number of aromatic nitrogens is 5. The lowest BCUT2D eigenvalue weighted by Gasteiger charge is -2.27. The largest absolute Gasteiger partial charge is 0.495 e. The van der Waals surface area contributed by atoms with Crippen LogP contribution in [0.5, 0.6) is 5.75 Å². The number of rotatable bonds is 5. The molecule has 1 aliphatic heterocycles. The molecule has 8 nitrogen and oxygen atoms in total. The molecule has 3 aromatic heterocycles. The molecule has 5 rings (SSSR count). The molecular formula is C21H26FN7O. The van der Waals surface area contributed by atoms with Gasteiger partial charge in [-0.3, -0.25) is 0 Å². The number of halogens is 1. The lowest BCUT2D eigenvalue weighted by molar-refractivity contribution is 0.240. The molecule has 4 heterocycles. The molecule has 158 valence electrons. The normalized spacial score (nSPS) is 22.5. The van der Waals surface area contributed by atoms with Crippen molar-refractivity contribution in [3.8, 4) is 17.1 Å². The summed E-state index contributed by atoms with van der Waals surface area (Å²) in [4.78, 5) is 13.4. The standard InChI is InChI=1S/C21H26FN7O/c1-30-18-10-19-25-12-17(29(19)28-20(18)13-4-2-3-5-13)15-7-9-24-21(26-15)27-16-11-23-8-6-14(16)22/h7,9-10,12-14,16,23H,2-6,8,11H2,1H3,(H,24,26,27)/t14-,16-/m0/s1. The van der Waals surface area contributed by atoms with Crippen LogP contribution in [-0.4, -0.2) is 57.0 Å². The van der Waals surface area contributed by atoms with Gasteiger partial charge in [0.1, 0.15) is 23.3 Å². The average Bonchev–Trinajstić information content (AvgIpc) is 3.44. The molecule has 0 bridgehead atoms. The molecule has 0 radical (unpaired) electrons. The molecular weight excluding hydrogens is 385 g/mol. The highest BCUT2D eigenvalue weighted by molar-refractivity contribution is 5.61. The van der Waals surface area contributed by atoms with Gasteiger partial charge < -0.3 is 15.4 Å². The van der Waals surface area contributed by atoms with Crippen LogP contribution in [-0.2, 0) is 0 Å². The Balaban J connectivity index is 1.49. The monoisotopic (exact) mass is 411 g/mol. The highest BCUT2D eigenvalue weighted by Crippen LogP contribution is 2.38. The molecule has 2 aliphatic rings. The first-order chi connectivity index (χ1) is 14.7. The van der Waals surface area contributed by atoms with Gasteiger partial charge in [-0.05, 0) is 31.9 Å². The van der Waals surface area contributed by atoms with Crippen LogP contribution in [0, 0.1) is 0 Å². The number of ether oxygens (including phenoxy) is 1. The number of nitrogens with zero attached hydrogens (tertiary/aromatic N) is 5. The minimum absolute atomic E-state index is 0.340. The van der Waals surface area contributed by atoms with E-state index >= 15 is 0 Å². The third-order valence-corrected chi connectivity index (χ3v) is 6.08. The summed E-state index contributed by atoms with van der Waals surface area (Å²) in [6, 6.07) is 3.42. The summed E-state index contributed by atoms with van der Waals surface area (Å²) in [5, 5.41) is 11.2. The van der Waals surface area contributed by atoms with Crippen LogP contribution < -0.4 is 15.4 Å². The van der Waals surface area contributed by atoms with Gasteiger partial charge in [0.05, 0.1) is 25.0 Å². The van der Waals surface area contributed by atoms with Crippen molar-refractivity contribution in [2.45, 2.75) is 50.2 Å².